The summed E-state index contributed by atoms with van der Waals surface area (Å²) in [6.07, 6.45) is 3.19. The van der Waals surface area contributed by atoms with E-state index >= 15 is 0 Å². The average Bonchev–Trinajstić information content (AvgIpc) is 2.81. The van der Waals surface area contributed by atoms with E-state index in [4.69, 9.17) is 0 Å². The predicted molar refractivity (Wildman–Crippen MR) is 75.2 cm³/mol. The highest BCUT2D eigenvalue weighted by Crippen LogP contribution is 2.29. The lowest BCUT2D eigenvalue weighted by atomic mass is 10.0. The molecule has 0 spiro atoms. The summed E-state index contributed by atoms with van der Waals surface area (Å²) in [7, 11) is 0. The van der Waals surface area contributed by atoms with Gasteiger partial charge in [-0.25, -0.2) is 4.79 Å². The number of carbonyl (C=O) groups excluding carboxylic acids is 1. The monoisotopic (exact) mass is 277 g/mol. The Morgan fingerprint density at radius 2 is 2.15 bits per heavy atom. The van der Waals surface area contributed by atoms with E-state index in [0.29, 0.717) is 12.0 Å². The molecule has 6 heteroatoms. The van der Waals surface area contributed by atoms with Crippen molar-refractivity contribution in [1.29, 1.82) is 0 Å². The van der Waals surface area contributed by atoms with Crippen LogP contribution in [0, 0.1) is 11.8 Å². The lowest BCUT2D eigenvalue weighted by Gasteiger charge is -2.22. The number of fused-ring (bicyclic) bond motifs is 1. The van der Waals surface area contributed by atoms with E-state index in [1.807, 2.05) is 0 Å². The minimum Gasteiger partial charge on any atom is -0.335 e. The van der Waals surface area contributed by atoms with Crippen molar-refractivity contribution in [2.45, 2.75) is 58.7 Å². The molecule has 2 aliphatic rings. The molecule has 0 saturated heterocycles. The van der Waals surface area contributed by atoms with Crippen LogP contribution in [-0.2, 0) is 13.0 Å². The second kappa shape index (κ2) is 5.07. The standard InChI is InChI=1S/C14H23N5O/c1-8(2)12(16-14(20)15-10-7-9(10)3)13-18-17-11-5-4-6-19(11)13/h8-10,12H,4-7H2,1-3H3,(H2,15,16,20)/t9-,10+,12+/m1/s1. The van der Waals surface area contributed by atoms with Gasteiger partial charge < -0.3 is 15.2 Å². The van der Waals surface area contributed by atoms with E-state index in [9.17, 15) is 4.79 Å². The van der Waals surface area contributed by atoms with Crippen LogP contribution in [-0.4, -0.2) is 26.8 Å². The first-order chi connectivity index (χ1) is 9.56. The predicted octanol–water partition coefficient (Wildman–Crippen LogP) is 1.63. The van der Waals surface area contributed by atoms with E-state index in [0.717, 1.165) is 37.5 Å². The summed E-state index contributed by atoms with van der Waals surface area (Å²) in [5.74, 6) is 2.83. The van der Waals surface area contributed by atoms with Crippen molar-refractivity contribution in [2.24, 2.45) is 11.8 Å². The fourth-order valence-corrected chi connectivity index (χ4v) is 2.81. The first kappa shape index (κ1) is 13.4. The zero-order chi connectivity index (χ0) is 14.3. The molecule has 0 aromatic carbocycles. The molecule has 1 aliphatic heterocycles. The van der Waals surface area contributed by atoms with E-state index in [2.05, 4.69) is 46.2 Å². The highest BCUT2D eigenvalue weighted by atomic mass is 16.2. The molecule has 2 amide bonds. The zero-order valence-corrected chi connectivity index (χ0v) is 12.4. The third kappa shape index (κ3) is 2.51. The van der Waals surface area contributed by atoms with Crippen molar-refractivity contribution < 1.29 is 4.79 Å². The van der Waals surface area contributed by atoms with Gasteiger partial charge in [-0.2, -0.15) is 0 Å². The Bertz CT molecular complexity index is 510. The highest BCUT2D eigenvalue weighted by Gasteiger charge is 2.35. The Kier molecular flexibility index (Phi) is 3.40. The van der Waals surface area contributed by atoms with Crippen molar-refractivity contribution in [3.05, 3.63) is 11.6 Å². The van der Waals surface area contributed by atoms with Crippen LogP contribution in [0.15, 0.2) is 0 Å². The summed E-state index contributed by atoms with van der Waals surface area (Å²) in [4.78, 5) is 12.1. The number of hydrogen-bond donors (Lipinski definition) is 2. The summed E-state index contributed by atoms with van der Waals surface area (Å²) < 4.78 is 2.16. The number of aromatic nitrogens is 3. The number of amides is 2. The molecule has 3 rings (SSSR count). The quantitative estimate of drug-likeness (QED) is 0.878. The van der Waals surface area contributed by atoms with Gasteiger partial charge in [-0.3, -0.25) is 0 Å². The molecular formula is C14H23N5O. The smallest absolute Gasteiger partial charge is 0.315 e. The number of carbonyl (C=O) groups is 1. The average molecular weight is 277 g/mol. The van der Waals surface area contributed by atoms with Crippen molar-refractivity contribution in [1.82, 2.24) is 25.4 Å². The van der Waals surface area contributed by atoms with Gasteiger partial charge in [-0.05, 0) is 24.7 Å². The molecule has 1 aromatic rings. The SMILES string of the molecule is CC(C)[C@H](NC(=O)N[C@H]1C[C@H]1C)c1nnc2n1CCC2. The van der Waals surface area contributed by atoms with Crippen molar-refractivity contribution >= 4 is 6.03 Å². The molecule has 1 fully saturated rings. The number of aryl methyl sites for hydroxylation is 1. The van der Waals surface area contributed by atoms with Crippen LogP contribution < -0.4 is 10.6 Å². The summed E-state index contributed by atoms with van der Waals surface area (Å²) in [6, 6.07) is 0.170. The lowest BCUT2D eigenvalue weighted by molar-refractivity contribution is 0.230. The molecule has 3 atom stereocenters. The van der Waals surface area contributed by atoms with Gasteiger partial charge in [-0.15, -0.1) is 10.2 Å². The Labute approximate surface area is 119 Å². The Hall–Kier alpha value is -1.59. The Morgan fingerprint density at radius 1 is 1.40 bits per heavy atom. The van der Waals surface area contributed by atoms with Gasteiger partial charge in [0.25, 0.3) is 0 Å². The van der Waals surface area contributed by atoms with Crippen LogP contribution in [0.1, 0.15) is 51.3 Å². The second-order valence-corrected chi connectivity index (χ2v) is 6.39. The Balaban J connectivity index is 1.70. The fraction of sp³-hybridized carbons (Fsp3) is 0.786. The first-order valence-electron chi connectivity index (χ1n) is 7.55. The van der Waals surface area contributed by atoms with Crippen LogP contribution in [0.3, 0.4) is 0 Å². The molecule has 1 aromatic heterocycles. The van der Waals surface area contributed by atoms with Gasteiger partial charge in [0.05, 0.1) is 6.04 Å². The lowest BCUT2D eigenvalue weighted by Crippen LogP contribution is -2.42. The van der Waals surface area contributed by atoms with E-state index in [1.54, 1.807) is 0 Å². The maximum atomic E-state index is 12.1. The van der Waals surface area contributed by atoms with Gasteiger partial charge >= 0.3 is 6.03 Å². The number of urea groups is 1. The molecule has 1 aliphatic carbocycles. The molecule has 2 N–H and O–H groups in total. The van der Waals surface area contributed by atoms with Crippen LogP contribution in [0.5, 0.6) is 0 Å². The number of rotatable bonds is 4. The topological polar surface area (TPSA) is 71.8 Å². The third-order valence-corrected chi connectivity index (χ3v) is 4.30. The van der Waals surface area contributed by atoms with E-state index < -0.39 is 0 Å². The van der Waals surface area contributed by atoms with Crippen LogP contribution in [0.2, 0.25) is 0 Å². The molecule has 1 saturated carbocycles. The molecule has 0 bridgehead atoms. The van der Waals surface area contributed by atoms with E-state index in [1.165, 1.54) is 0 Å². The molecule has 2 heterocycles. The summed E-state index contributed by atoms with van der Waals surface area (Å²) >= 11 is 0. The molecular weight excluding hydrogens is 254 g/mol. The largest absolute Gasteiger partial charge is 0.335 e. The van der Waals surface area contributed by atoms with Crippen LogP contribution in [0.4, 0.5) is 4.79 Å². The van der Waals surface area contributed by atoms with E-state index in [-0.39, 0.29) is 18.0 Å². The molecule has 0 unspecified atom stereocenters. The summed E-state index contributed by atoms with van der Waals surface area (Å²) in [5.41, 5.74) is 0. The number of nitrogens with one attached hydrogen (secondary N) is 2. The van der Waals surface area contributed by atoms with Crippen molar-refractivity contribution in [3.63, 3.8) is 0 Å². The van der Waals surface area contributed by atoms with Crippen LogP contribution in [0.25, 0.3) is 0 Å². The maximum absolute atomic E-state index is 12.1. The molecule has 6 nitrogen and oxygen atoms in total. The van der Waals surface area contributed by atoms with Gasteiger partial charge in [0.1, 0.15) is 5.82 Å². The fourth-order valence-electron chi connectivity index (χ4n) is 2.81. The first-order valence-corrected chi connectivity index (χ1v) is 7.55. The normalized spacial score (nSPS) is 25.4. The third-order valence-electron chi connectivity index (χ3n) is 4.30. The molecule has 20 heavy (non-hydrogen) atoms. The highest BCUT2D eigenvalue weighted by molar-refractivity contribution is 5.75. The van der Waals surface area contributed by atoms with Gasteiger partial charge in [-0.1, -0.05) is 20.8 Å². The van der Waals surface area contributed by atoms with Crippen molar-refractivity contribution in [2.75, 3.05) is 0 Å². The number of hydrogen-bond acceptors (Lipinski definition) is 3. The zero-order valence-electron chi connectivity index (χ0n) is 12.4. The summed E-state index contributed by atoms with van der Waals surface area (Å²) in [6.45, 7) is 7.31. The van der Waals surface area contributed by atoms with Crippen molar-refractivity contribution in [3.8, 4) is 0 Å². The second-order valence-electron chi connectivity index (χ2n) is 6.39. The maximum Gasteiger partial charge on any atom is 0.315 e. The minimum atomic E-state index is -0.0894. The number of nitrogens with zero attached hydrogens (tertiary/aromatic N) is 3. The van der Waals surface area contributed by atoms with Gasteiger partial charge in [0.15, 0.2) is 5.82 Å². The van der Waals surface area contributed by atoms with Gasteiger partial charge in [0.2, 0.25) is 0 Å². The van der Waals surface area contributed by atoms with Gasteiger partial charge in [0, 0.05) is 19.0 Å². The minimum absolute atomic E-state index is 0.0802. The molecule has 0 radical (unpaired) electrons. The van der Waals surface area contributed by atoms with Crippen LogP contribution >= 0.6 is 0 Å². The summed E-state index contributed by atoms with van der Waals surface area (Å²) in [5, 5.41) is 14.6. The molecule has 110 valence electrons. The Morgan fingerprint density at radius 3 is 2.80 bits per heavy atom.